The molecule has 0 unspecified atom stereocenters. The van der Waals surface area contributed by atoms with E-state index in [1.54, 1.807) is 12.4 Å². The molecule has 120 valence electrons. The summed E-state index contributed by atoms with van der Waals surface area (Å²) in [7, 11) is -3.06. The van der Waals surface area contributed by atoms with Crippen molar-refractivity contribution in [2.75, 3.05) is 12.0 Å². The zero-order chi connectivity index (χ0) is 16.4. The van der Waals surface area contributed by atoms with Crippen LogP contribution in [0.15, 0.2) is 42.0 Å². The van der Waals surface area contributed by atoms with Gasteiger partial charge >= 0.3 is 0 Å². The summed E-state index contributed by atoms with van der Waals surface area (Å²) in [5, 5.41) is 3.48. The molecule has 0 bridgehead atoms. The summed E-state index contributed by atoms with van der Waals surface area (Å²) in [5.74, 6) is 0.0421. The Kier molecular flexibility index (Phi) is 4.32. The smallest absolute Gasteiger partial charge is 0.171 e. The lowest BCUT2D eigenvalue weighted by atomic mass is 10.1. The first-order chi connectivity index (χ1) is 10.9. The highest BCUT2D eigenvalue weighted by Crippen LogP contribution is 2.23. The fourth-order valence-electron chi connectivity index (χ4n) is 2.49. The van der Waals surface area contributed by atoms with Gasteiger partial charge in [0.1, 0.15) is 14.8 Å². The first-order valence-corrected chi connectivity index (χ1v) is 10.1. The molecule has 23 heavy (non-hydrogen) atoms. The molecule has 0 radical (unpaired) electrons. The summed E-state index contributed by atoms with van der Waals surface area (Å²) in [6, 6.07) is 7.55. The topological polar surface area (TPSA) is 69.0 Å². The van der Waals surface area contributed by atoms with Gasteiger partial charge in [0.2, 0.25) is 0 Å². The van der Waals surface area contributed by atoms with E-state index in [9.17, 15) is 13.2 Å². The Bertz CT molecular complexity index is 941. The minimum absolute atomic E-state index is 0.00532. The molecule has 0 fully saturated rings. The van der Waals surface area contributed by atoms with Gasteiger partial charge < -0.3 is 4.57 Å². The van der Waals surface area contributed by atoms with Gasteiger partial charge in [-0.2, -0.15) is 0 Å². The van der Waals surface area contributed by atoms with Gasteiger partial charge in [-0.1, -0.05) is 18.2 Å². The summed E-state index contributed by atoms with van der Waals surface area (Å²) >= 11 is 1.45. The molecule has 2 heterocycles. The molecule has 3 aromatic rings. The Labute approximate surface area is 138 Å². The predicted molar refractivity (Wildman–Crippen MR) is 91.8 cm³/mol. The number of fused-ring (bicyclic) bond motifs is 1. The SMILES string of the molecule is CS(=O)(=O)CCn1cc(C(=O)Cc2nccs2)c2ccccc21. The third kappa shape index (κ3) is 3.68. The first kappa shape index (κ1) is 15.9. The van der Waals surface area contributed by atoms with Crippen molar-refractivity contribution in [1.82, 2.24) is 9.55 Å². The van der Waals surface area contributed by atoms with E-state index in [1.807, 2.05) is 34.2 Å². The average Bonchev–Trinajstić information content (AvgIpc) is 3.12. The van der Waals surface area contributed by atoms with Crippen LogP contribution < -0.4 is 0 Å². The summed E-state index contributed by atoms with van der Waals surface area (Å²) < 4.78 is 24.7. The van der Waals surface area contributed by atoms with E-state index in [-0.39, 0.29) is 18.0 Å². The molecule has 0 aliphatic heterocycles. The molecule has 5 nitrogen and oxygen atoms in total. The van der Waals surface area contributed by atoms with E-state index in [0.29, 0.717) is 12.1 Å². The zero-order valence-electron chi connectivity index (χ0n) is 12.6. The fourth-order valence-corrected chi connectivity index (χ4v) is 3.63. The van der Waals surface area contributed by atoms with Crippen LogP contribution in [0.4, 0.5) is 0 Å². The Morgan fingerprint density at radius 3 is 2.78 bits per heavy atom. The van der Waals surface area contributed by atoms with E-state index < -0.39 is 9.84 Å². The van der Waals surface area contributed by atoms with Crippen molar-refractivity contribution in [2.24, 2.45) is 0 Å². The van der Waals surface area contributed by atoms with Crippen LogP contribution in [0.25, 0.3) is 10.9 Å². The van der Waals surface area contributed by atoms with Gasteiger partial charge in [0.25, 0.3) is 0 Å². The summed E-state index contributed by atoms with van der Waals surface area (Å²) in [4.78, 5) is 16.7. The van der Waals surface area contributed by atoms with E-state index >= 15 is 0 Å². The summed E-state index contributed by atoms with van der Waals surface area (Å²) in [5.41, 5.74) is 1.49. The highest BCUT2D eigenvalue weighted by atomic mass is 32.2. The number of thiazole rings is 1. The van der Waals surface area contributed by atoms with Crippen molar-refractivity contribution < 1.29 is 13.2 Å². The number of aromatic nitrogens is 2. The number of hydrogen-bond donors (Lipinski definition) is 0. The Morgan fingerprint density at radius 1 is 1.30 bits per heavy atom. The van der Waals surface area contributed by atoms with E-state index in [2.05, 4.69) is 4.98 Å². The standard InChI is InChI=1S/C16H16N2O3S2/c1-23(20,21)9-7-18-11-13(12-4-2-3-5-14(12)18)15(19)10-16-17-6-8-22-16/h2-6,8,11H,7,9-10H2,1H3. The molecule has 0 saturated carbocycles. The molecule has 0 N–H and O–H groups in total. The van der Waals surface area contributed by atoms with E-state index in [4.69, 9.17) is 0 Å². The number of para-hydroxylation sites is 1. The minimum Gasteiger partial charge on any atom is -0.346 e. The second kappa shape index (κ2) is 6.25. The molecular formula is C16H16N2O3S2. The lowest BCUT2D eigenvalue weighted by Crippen LogP contribution is -2.10. The third-order valence-corrected chi connectivity index (χ3v) is 5.29. The van der Waals surface area contributed by atoms with Crippen molar-refractivity contribution in [1.29, 1.82) is 0 Å². The fraction of sp³-hybridized carbons (Fsp3) is 0.250. The monoisotopic (exact) mass is 348 g/mol. The molecule has 2 aromatic heterocycles. The number of Topliss-reactive ketones (excluding diaryl/α,β-unsaturated/α-hetero) is 1. The number of hydrogen-bond acceptors (Lipinski definition) is 5. The normalized spacial score (nSPS) is 11.9. The number of carbonyl (C=O) groups excluding carboxylic acids is 1. The number of rotatable bonds is 6. The Hall–Kier alpha value is -1.99. The van der Waals surface area contributed by atoms with Gasteiger partial charge in [-0.05, 0) is 6.07 Å². The van der Waals surface area contributed by atoms with Crippen molar-refractivity contribution >= 4 is 37.9 Å². The van der Waals surface area contributed by atoms with Crippen LogP contribution in [0, 0.1) is 0 Å². The number of benzene rings is 1. The molecule has 0 spiro atoms. The second-order valence-electron chi connectivity index (χ2n) is 5.41. The second-order valence-corrected chi connectivity index (χ2v) is 8.65. The number of carbonyl (C=O) groups is 1. The van der Waals surface area contributed by atoms with Gasteiger partial charge in [0, 0.05) is 47.0 Å². The molecule has 1 aromatic carbocycles. The minimum atomic E-state index is -3.06. The molecule has 0 aliphatic carbocycles. The van der Waals surface area contributed by atoms with Crippen LogP contribution >= 0.6 is 11.3 Å². The van der Waals surface area contributed by atoms with E-state index in [1.165, 1.54) is 17.6 Å². The number of ketones is 1. The Balaban J connectivity index is 1.95. The first-order valence-electron chi connectivity index (χ1n) is 7.11. The highest BCUT2D eigenvalue weighted by molar-refractivity contribution is 7.90. The maximum absolute atomic E-state index is 12.6. The zero-order valence-corrected chi connectivity index (χ0v) is 14.2. The average molecular weight is 348 g/mol. The Morgan fingerprint density at radius 2 is 2.09 bits per heavy atom. The van der Waals surface area contributed by atoms with Gasteiger partial charge in [-0.3, -0.25) is 4.79 Å². The molecule has 0 atom stereocenters. The van der Waals surface area contributed by atoms with Crippen LogP contribution in [0.1, 0.15) is 15.4 Å². The highest BCUT2D eigenvalue weighted by Gasteiger charge is 2.16. The van der Waals surface area contributed by atoms with Gasteiger partial charge in [0.05, 0.1) is 12.2 Å². The maximum atomic E-state index is 12.6. The molecule has 0 aliphatic rings. The van der Waals surface area contributed by atoms with Crippen molar-refractivity contribution in [3.05, 3.63) is 52.6 Å². The molecule has 0 amide bonds. The molecule has 3 rings (SSSR count). The van der Waals surface area contributed by atoms with Gasteiger partial charge in [-0.25, -0.2) is 13.4 Å². The van der Waals surface area contributed by atoms with Crippen LogP contribution in [-0.2, 0) is 22.8 Å². The number of sulfone groups is 1. The van der Waals surface area contributed by atoms with Crippen molar-refractivity contribution in [3.63, 3.8) is 0 Å². The molecular weight excluding hydrogens is 332 g/mol. The third-order valence-electron chi connectivity index (χ3n) is 3.59. The number of nitrogens with zero attached hydrogens (tertiary/aromatic N) is 2. The largest absolute Gasteiger partial charge is 0.346 e. The maximum Gasteiger partial charge on any atom is 0.171 e. The molecule has 0 saturated heterocycles. The lowest BCUT2D eigenvalue weighted by molar-refractivity contribution is 0.0994. The van der Waals surface area contributed by atoms with Crippen LogP contribution in [-0.4, -0.2) is 35.8 Å². The van der Waals surface area contributed by atoms with Crippen molar-refractivity contribution in [2.45, 2.75) is 13.0 Å². The van der Waals surface area contributed by atoms with Crippen LogP contribution in [0.5, 0.6) is 0 Å². The van der Waals surface area contributed by atoms with Gasteiger partial charge in [-0.15, -0.1) is 11.3 Å². The molecule has 7 heteroatoms. The number of aryl methyl sites for hydroxylation is 1. The van der Waals surface area contributed by atoms with Crippen LogP contribution in [0.2, 0.25) is 0 Å². The van der Waals surface area contributed by atoms with E-state index in [0.717, 1.165) is 15.9 Å². The van der Waals surface area contributed by atoms with Gasteiger partial charge in [0.15, 0.2) is 5.78 Å². The summed E-state index contributed by atoms with van der Waals surface area (Å²) in [6.45, 7) is 0.337. The summed E-state index contributed by atoms with van der Waals surface area (Å²) in [6.07, 6.45) is 4.92. The van der Waals surface area contributed by atoms with Crippen LogP contribution in [0.3, 0.4) is 0 Å². The lowest BCUT2D eigenvalue weighted by Gasteiger charge is -2.03. The quantitative estimate of drug-likeness (QED) is 0.642. The predicted octanol–water partition coefficient (Wildman–Crippen LogP) is 2.57. The van der Waals surface area contributed by atoms with Crippen molar-refractivity contribution in [3.8, 4) is 0 Å².